The lowest BCUT2D eigenvalue weighted by molar-refractivity contribution is 0.0966. The number of benzene rings is 16. The van der Waals surface area contributed by atoms with E-state index >= 15 is 19.2 Å². The fraction of sp³-hybridized carbons (Fsp3) is 0.0800. The number of hydrogen-bond acceptors (Lipinski definition) is 4. The minimum Gasteiger partial charge on any atom is -0.308 e. The Hall–Kier alpha value is -13.2. The molecule has 0 fully saturated rings. The van der Waals surface area contributed by atoms with Crippen molar-refractivity contribution >= 4 is 132 Å². The Bertz CT molecular complexity index is 6710. The maximum Gasteiger partial charge on any atom is 0.175 e. The molecule has 0 spiro atoms. The standard InChI is InChI=1S/C100H52N2O4/c103-97-69-41-77-73(37-65(69)81-45-17-1-9-25-53(45)91(97)54-26-10-2-18-46(54)81)87-61-33-34-63-86-64(36-35-62(85(61)86)88-74-38-66-70(42-78(74)101(77)95(87)88)98(104)92-55-27-11-3-19-47(55)82(66)48-20-4-12-28-56(48)92)90-76-40-68-72(100(106)94-59-31-15-7-23-51(59)84(68)52-24-8-16-32-60(52)94)44-80(76)102-79-43-71-67(39-75(79)89(63)96(90)102)83-49-21-5-13-29-57(49)93(99(71)105)58-30-14-6-22-50(58)83/h1-44,81-84,91-94H. The summed E-state index contributed by atoms with van der Waals surface area (Å²) in [6.07, 6.45) is 0. The van der Waals surface area contributed by atoms with Gasteiger partial charge in [0.15, 0.2) is 23.1 Å². The van der Waals surface area contributed by atoms with Crippen LogP contribution in [0.25, 0.3) is 109 Å². The number of fused-ring (bicyclic) bond motifs is 16. The monoisotopic (exact) mass is 1340 g/mol. The number of hydrogen-bond donors (Lipinski definition) is 0. The van der Waals surface area contributed by atoms with Gasteiger partial charge in [0.2, 0.25) is 0 Å². The highest BCUT2D eigenvalue weighted by Crippen LogP contribution is 2.62. The molecule has 0 unspecified atom stereocenters. The highest BCUT2D eigenvalue weighted by molar-refractivity contribution is 6.48. The van der Waals surface area contributed by atoms with E-state index in [1.165, 1.54) is 44.5 Å². The van der Waals surface area contributed by atoms with Gasteiger partial charge in [-0.25, -0.2) is 0 Å². The minimum atomic E-state index is -0.462. The summed E-state index contributed by atoms with van der Waals surface area (Å²) in [6.45, 7) is 0. The van der Waals surface area contributed by atoms with E-state index in [2.05, 4.69) is 276 Å². The van der Waals surface area contributed by atoms with E-state index in [9.17, 15) is 0 Å². The van der Waals surface area contributed by atoms with Crippen molar-refractivity contribution in [2.24, 2.45) is 0 Å². The van der Waals surface area contributed by atoms with Crippen LogP contribution in [0.5, 0.6) is 0 Å². The Balaban J connectivity index is 0.823. The van der Waals surface area contributed by atoms with Crippen molar-refractivity contribution in [1.29, 1.82) is 0 Å². The summed E-state index contributed by atoms with van der Waals surface area (Å²) >= 11 is 0. The summed E-state index contributed by atoms with van der Waals surface area (Å²) in [4.78, 5) is 64.5. The SMILES string of the molecule is O=C1c2cc3c(cc2C2c4ccccc4C1c1ccccc12)c1c2ccc4c5c(ccc(c25)c2c5cc6c(cc5n3c12)C(=O)C1c2ccccc2C6c2ccccc21)c1c2cc3c(cc2n2c5cc6c(cc5c4c12)C1c2ccccc2C(C6=O)c2ccccc21)C(=O)C1c2ccccc2C3c2ccccc21. The summed E-state index contributed by atoms with van der Waals surface area (Å²) in [7, 11) is 0. The second-order valence-corrected chi connectivity index (χ2v) is 31.7. The maximum atomic E-state index is 16.1. The molecule has 6 nitrogen and oxygen atoms in total. The lowest BCUT2D eigenvalue weighted by Crippen LogP contribution is -2.19. The van der Waals surface area contributed by atoms with E-state index in [1.54, 1.807) is 0 Å². The molecule has 0 atom stereocenters. The Morgan fingerprint density at radius 2 is 0.340 bits per heavy atom. The van der Waals surface area contributed by atoms with E-state index in [1.807, 2.05) is 0 Å². The summed E-state index contributed by atoms with van der Waals surface area (Å²) in [6, 6.07) is 97.1. The zero-order chi connectivity index (χ0) is 68.6. The Kier molecular flexibility index (Phi) is 9.29. The van der Waals surface area contributed by atoms with Gasteiger partial charge >= 0.3 is 0 Å². The molecule has 0 aliphatic heterocycles. The van der Waals surface area contributed by atoms with Crippen LogP contribution in [-0.2, 0) is 0 Å². The number of ketones is 4. The quantitative estimate of drug-likeness (QED) is 0.142. The second-order valence-electron chi connectivity index (χ2n) is 31.7. The summed E-state index contributed by atoms with van der Waals surface area (Å²) in [5.41, 5.74) is 30.9. The van der Waals surface area contributed by atoms with Crippen molar-refractivity contribution in [3.63, 3.8) is 0 Å². The first-order chi connectivity index (χ1) is 52.3. The first kappa shape index (κ1) is 54.5. The second kappa shape index (κ2) is 18.1. The van der Waals surface area contributed by atoms with Crippen molar-refractivity contribution in [3.8, 4) is 0 Å². The Morgan fingerprint density at radius 3 is 0.519 bits per heavy atom. The van der Waals surface area contributed by atoms with Gasteiger partial charge in [-0.3, -0.25) is 19.2 Å². The molecule has 0 saturated heterocycles. The van der Waals surface area contributed by atoms with Gasteiger partial charge in [0.1, 0.15) is 0 Å². The first-order valence-electron chi connectivity index (χ1n) is 37.4. The van der Waals surface area contributed by atoms with Gasteiger partial charge in [0, 0.05) is 89.0 Å². The van der Waals surface area contributed by atoms with Crippen molar-refractivity contribution < 1.29 is 19.2 Å². The third kappa shape index (κ3) is 5.89. The molecule has 0 radical (unpaired) electrons. The molecule has 106 heavy (non-hydrogen) atoms. The molecule has 32 rings (SSSR count). The topological polar surface area (TPSA) is 77.1 Å². The molecule has 20 aromatic rings. The molecular weight excluding hydrogens is 1290 g/mol. The molecule has 16 aromatic carbocycles. The van der Waals surface area contributed by atoms with E-state index < -0.39 is 23.7 Å². The van der Waals surface area contributed by atoms with E-state index in [0.717, 1.165) is 198 Å². The maximum absolute atomic E-state index is 16.1. The van der Waals surface area contributed by atoms with Gasteiger partial charge in [-0.1, -0.05) is 218 Å². The van der Waals surface area contributed by atoms with Gasteiger partial charge in [-0.2, -0.15) is 0 Å². The molecule has 6 heteroatoms. The predicted octanol–water partition coefficient (Wildman–Crippen LogP) is 22.2. The number of Topliss-reactive ketones (excluding diaryl/α,β-unsaturated/α-hetero) is 4. The third-order valence-corrected chi connectivity index (χ3v) is 27.6. The van der Waals surface area contributed by atoms with Crippen molar-refractivity contribution in [2.45, 2.75) is 47.3 Å². The fourth-order valence-corrected chi connectivity index (χ4v) is 23.9. The number of aromatic nitrogens is 2. The van der Waals surface area contributed by atoms with Gasteiger partial charge in [0.25, 0.3) is 0 Å². The van der Waals surface area contributed by atoms with Crippen LogP contribution in [-0.4, -0.2) is 31.9 Å². The number of rotatable bonds is 0. The normalized spacial score (nSPS) is 20.7. The summed E-state index contributed by atoms with van der Waals surface area (Å²) in [5, 5.41) is 15.5. The predicted molar refractivity (Wildman–Crippen MR) is 419 cm³/mol. The number of carbonyl (C=O) groups is 4. The highest BCUT2D eigenvalue weighted by Gasteiger charge is 2.49. The fourth-order valence-electron chi connectivity index (χ4n) is 23.9. The molecule has 0 N–H and O–H groups in total. The van der Waals surface area contributed by atoms with Crippen LogP contribution in [0.3, 0.4) is 0 Å². The molecule has 486 valence electrons. The highest BCUT2D eigenvalue weighted by atomic mass is 16.1. The summed E-state index contributed by atoms with van der Waals surface area (Å²) < 4.78 is 4.89. The zero-order valence-corrected chi connectivity index (χ0v) is 56.5. The average molecular weight is 1350 g/mol. The van der Waals surface area contributed by atoms with Crippen LogP contribution < -0.4 is 0 Å². The molecule has 8 bridgehead atoms. The third-order valence-electron chi connectivity index (χ3n) is 27.6. The lowest BCUT2D eigenvalue weighted by atomic mass is 9.72. The molecule has 0 saturated carbocycles. The van der Waals surface area contributed by atoms with E-state index in [-0.39, 0.29) is 46.8 Å². The number of carbonyl (C=O) groups excluding carboxylic acids is 4. The average Bonchev–Trinajstić information content (AvgIpc) is 1.49. The van der Waals surface area contributed by atoms with Crippen LogP contribution in [0.2, 0.25) is 0 Å². The molecule has 4 heterocycles. The summed E-state index contributed by atoms with van der Waals surface area (Å²) in [5.74, 6) is -2.18. The molecular formula is C100H52N2O4. The van der Waals surface area contributed by atoms with Crippen LogP contribution >= 0.6 is 0 Å². The largest absolute Gasteiger partial charge is 0.308 e. The lowest BCUT2D eigenvalue weighted by Gasteiger charge is -2.30. The molecule has 0 amide bonds. The van der Waals surface area contributed by atoms with Crippen LogP contribution in [0.15, 0.2) is 267 Å². The van der Waals surface area contributed by atoms with E-state index in [4.69, 9.17) is 0 Å². The zero-order valence-electron chi connectivity index (χ0n) is 56.5. The van der Waals surface area contributed by atoms with Gasteiger partial charge < -0.3 is 8.80 Å². The van der Waals surface area contributed by atoms with Crippen molar-refractivity contribution in [3.05, 3.63) is 400 Å². The van der Waals surface area contributed by atoms with E-state index in [0.29, 0.717) is 0 Å². The smallest absolute Gasteiger partial charge is 0.175 e. The minimum absolute atomic E-state index is 0.103. The van der Waals surface area contributed by atoms with Crippen molar-refractivity contribution in [2.75, 3.05) is 0 Å². The van der Waals surface area contributed by atoms with Crippen LogP contribution in [0, 0.1) is 0 Å². The van der Waals surface area contributed by atoms with Crippen LogP contribution in [0.4, 0.5) is 0 Å². The van der Waals surface area contributed by atoms with Gasteiger partial charge in [-0.15, -0.1) is 0 Å². The van der Waals surface area contributed by atoms with Gasteiger partial charge in [-0.05, 0) is 192 Å². The molecule has 12 aliphatic carbocycles. The number of nitrogens with zero attached hydrogens (tertiary/aromatic N) is 2. The molecule has 12 aliphatic rings. The Morgan fingerprint density at radius 1 is 0.170 bits per heavy atom. The first-order valence-corrected chi connectivity index (χ1v) is 37.4. The molecule has 4 aromatic heterocycles. The van der Waals surface area contributed by atoms with Crippen LogP contribution in [0.1, 0.15) is 200 Å². The Labute approximate surface area is 603 Å². The van der Waals surface area contributed by atoms with Gasteiger partial charge in [0.05, 0.1) is 56.8 Å². The van der Waals surface area contributed by atoms with Crippen molar-refractivity contribution in [1.82, 2.24) is 8.80 Å².